The number of hydroxylamine groups is 2. The van der Waals surface area contributed by atoms with Crippen LogP contribution in [0.2, 0.25) is 20.1 Å². The number of halogens is 6. The third-order valence-corrected chi connectivity index (χ3v) is 14.2. The van der Waals surface area contributed by atoms with E-state index in [2.05, 4.69) is 15.6 Å². The van der Waals surface area contributed by atoms with Crippen molar-refractivity contribution in [3.8, 4) is 0 Å². The van der Waals surface area contributed by atoms with E-state index in [0.29, 0.717) is 67.0 Å². The second-order valence-corrected chi connectivity index (χ2v) is 21.2. The summed E-state index contributed by atoms with van der Waals surface area (Å²) in [5.74, 6) is -2.89. The topological polar surface area (TPSA) is 165 Å². The fraction of sp³-hybridized carbons (Fsp3) is 0.370. The van der Waals surface area contributed by atoms with Gasteiger partial charge in [0, 0.05) is 42.3 Å². The lowest BCUT2D eigenvalue weighted by molar-refractivity contribution is -0.166. The molecule has 354 valence electrons. The molecule has 4 aromatic carbocycles. The van der Waals surface area contributed by atoms with E-state index >= 15 is 0 Å². The van der Waals surface area contributed by atoms with Crippen molar-refractivity contribution >= 4 is 85.4 Å². The van der Waals surface area contributed by atoms with E-state index in [9.17, 15) is 31.6 Å². The number of amides is 3. The second-order valence-electron chi connectivity index (χ2n) is 17.4. The third-order valence-electron chi connectivity index (χ3n) is 12.3. The minimum absolute atomic E-state index is 0.0784. The lowest BCUT2D eigenvalue weighted by Crippen LogP contribution is -2.62. The number of nitrogens with zero attached hydrogens (tertiary/aromatic N) is 4. The van der Waals surface area contributed by atoms with Gasteiger partial charge in [0.05, 0.1) is 51.2 Å². The normalized spacial score (nSPS) is 22.6. The van der Waals surface area contributed by atoms with Crippen LogP contribution in [0.3, 0.4) is 0 Å². The Morgan fingerprint density at radius 3 is 1.85 bits per heavy atom. The summed E-state index contributed by atoms with van der Waals surface area (Å²) in [6.45, 7) is 8.81. The van der Waals surface area contributed by atoms with Gasteiger partial charge in [0.25, 0.3) is 11.8 Å². The van der Waals surface area contributed by atoms with Gasteiger partial charge in [0.2, 0.25) is 5.91 Å². The van der Waals surface area contributed by atoms with Crippen molar-refractivity contribution in [2.45, 2.75) is 70.0 Å². The molecule has 3 atom stereocenters. The van der Waals surface area contributed by atoms with E-state index in [1.54, 1.807) is 26.0 Å². The number of ether oxygens (including phenoxy) is 1. The molecule has 0 aromatic heterocycles. The molecular weight excluding hydrogens is 978 g/mol. The van der Waals surface area contributed by atoms with Crippen molar-refractivity contribution in [1.82, 2.24) is 15.3 Å². The number of rotatable bonds is 9. The predicted octanol–water partition coefficient (Wildman–Crippen LogP) is 8.16. The first-order valence-electron chi connectivity index (χ1n) is 20.9. The van der Waals surface area contributed by atoms with Crippen LogP contribution in [0.25, 0.3) is 0 Å². The third kappa shape index (κ3) is 9.61. The molecule has 21 heteroatoms. The Bertz CT molecular complexity index is 2870. The number of aryl methyl sites for hydroxylation is 1. The summed E-state index contributed by atoms with van der Waals surface area (Å²) >= 11 is 23.8. The Morgan fingerprint density at radius 2 is 1.36 bits per heavy atom. The van der Waals surface area contributed by atoms with Gasteiger partial charge < -0.3 is 24.6 Å². The number of fused-ring (bicyclic) bond motifs is 2. The number of benzene rings is 4. The van der Waals surface area contributed by atoms with Crippen LogP contribution in [0.4, 0.5) is 8.78 Å². The number of carbonyl (C=O) groups excluding carboxylic acids is 3. The zero-order valence-corrected chi connectivity index (χ0v) is 40.5. The van der Waals surface area contributed by atoms with Crippen molar-refractivity contribution in [3.63, 3.8) is 0 Å². The summed E-state index contributed by atoms with van der Waals surface area (Å²) in [7, 11) is -3.38. The van der Waals surface area contributed by atoms with Gasteiger partial charge in [-0.15, -0.1) is 0 Å². The number of carbonyl (C=O) groups is 3. The van der Waals surface area contributed by atoms with Crippen molar-refractivity contribution < 1.29 is 50.8 Å². The van der Waals surface area contributed by atoms with E-state index in [1.807, 2.05) is 38.1 Å². The van der Waals surface area contributed by atoms with Crippen LogP contribution in [0, 0.1) is 18.6 Å². The van der Waals surface area contributed by atoms with E-state index < -0.39 is 56.0 Å². The Labute approximate surface area is 404 Å². The molecule has 5 aliphatic rings. The van der Waals surface area contributed by atoms with E-state index in [4.69, 9.17) is 65.7 Å². The summed E-state index contributed by atoms with van der Waals surface area (Å²) in [6, 6.07) is 16.4. The smallest absolute Gasteiger partial charge is 0.271 e. The molecule has 4 aromatic rings. The molecule has 1 N–H and O–H groups in total. The van der Waals surface area contributed by atoms with Crippen LogP contribution in [0.1, 0.15) is 82.9 Å². The SMILES string of the molecule is CCN1OC[C@@H](NC(=O)c2ccc(C3=NO[C@](C)(c4cc(Cl)c(F)c(Cl)c4)C3)cc2C)C1=O.C[C@@]1(c2cc(Cl)c(F)c(Cl)c2)CC(c2ccc3c(c2)COC32CN(C(=O)CS(C)(=O)=O)C2)=NO1. The molecule has 5 aliphatic heterocycles. The van der Waals surface area contributed by atoms with Crippen molar-refractivity contribution in [1.29, 1.82) is 0 Å². The highest BCUT2D eigenvalue weighted by molar-refractivity contribution is 7.91. The molecule has 5 heterocycles. The van der Waals surface area contributed by atoms with Gasteiger partial charge in [-0.1, -0.05) is 74.9 Å². The molecule has 9 rings (SSSR count). The van der Waals surface area contributed by atoms with Crippen molar-refractivity contribution in [3.05, 3.63) is 137 Å². The first-order chi connectivity index (χ1) is 31.5. The Kier molecular flexibility index (Phi) is 13.2. The van der Waals surface area contributed by atoms with Gasteiger partial charge in [-0.25, -0.2) is 22.3 Å². The first-order valence-corrected chi connectivity index (χ1v) is 24.5. The Hall–Kier alpha value is -4.88. The average Bonchev–Trinajstić information content (AvgIpc) is 4.05. The molecule has 0 radical (unpaired) electrons. The zero-order valence-electron chi connectivity index (χ0n) is 36.6. The van der Waals surface area contributed by atoms with Gasteiger partial charge in [-0.05, 0) is 98.0 Å². The number of sulfone groups is 1. The summed E-state index contributed by atoms with van der Waals surface area (Å²) < 4.78 is 56.5. The van der Waals surface area contributed by atoms with Gasteiger partial charge in [0.1, 0.15) is 24.0 Å². The van der Waals surface area contributed by atoms with E-state index in [0.717, 1.165) is 34.2 Å². The molecule has 0 aliphatic carbocycles. The van der Waals surface area contributed by atoms with Crippen LogP contribution >= 0.6 is 46.4 Å². The minimum Gasteiger partial charge on any atom is -0.384 e. The largest absolute Gasteiger partial charge is 0.384 e. The maximum absolute atomic E-state index is 13.8. The highest BCUT2D eigenvalue weighted by Gasteiger charge is 2.52. The molecule has 1 spiro atoms. The number of likely N-dealkylation sites (N-methyl/N-ethyl adjacent to an activating group) is 1. The zero-order chi connectivity index (χ0) is 48.4. The van der Waals surface area contributed by atoms with Crippen LogP contribution in [-0.4, -0.2) is 91.8 Å². The quantitative estimate of drug-likeness (QED) is 0.163. The monoisotopic (exact) mass is 1020 g/mol. The molecular formula is C46H43Cl4F2N5O9S. The average molecular weight is 1020 g/mol. The molecule has 14 nitrogen and oxygen atoms in total. The highest BCUT2D eigenvalue weighted by atomic mass is 35.5. The van der Waals surface area contributed by atoms with Crippen molar-refractivity contribution in [2.75, 3.05) is 38.2 Å². The van der Waals surface area contributed by atoms with Crippen LogP contribution < -0.4 is 5.32 Å². The lowest BCUT2D eigenvalue weighted by Gasteiger charge is -2.47. The second kappa shape index (κ2) is 18.2. The molecule has 0 bridgehead atoms. The molecule has 3 amide bonds. The van der Waals surface area contributed by atoms with E-state index in [1.165, 1.54) is 34.2 Å². The van der Waals surface area contributed by atoms with Crippen LogP contribution in [-0.2, 0) is 62.1 Å². The van der Waals surface area contributed by atoms with Gasteiger partial charge in [0.15, 0.2) is 32.7 Å². The summed E-state index contributed by atoms with van der Waals surface area (Å²) in [5, 5.41) is 12.1. The Balaban J connectivity index is 0.000000182. The maximum atomic E-state index is 13.8. The van der Waals surface area contributed by atoms with Crippen LogP contribution in [0.15, 0.2) is 71.0 Å². The number of hydrogen-bond acceptors (Lipinski definition) is 11. The number of nitrogens with one attached hydrogen (secondary N) is 1. The van der Waals surface area contributed by atoms with Gasteiger partial charge >= 0.3 is 0 Å². The van der Waals surface area contributed by atoms with Crippen molar-refractivity contribution in [2.24, 2.45) is 10.3 Å². The highest BCUT2D eigenvalue weighted by Crippen LogP contribution is 2.45. The number of oxime groups is 2. The first kappa shape index (κ1) is 48.6. The summed E-state index contributed by atoms with van der Waals surface area (Å²) in [5.41, 5.74) is 5.08. The molecule has 0 saturated carbocycles. The number of likely N-dealkylation sites (tertiary alicyclic amines) is 1. The molecule has 67 heavy (non-hydrogen) atoms. The molecule has 2 fully saturated rings. The predicted molar refractivity (Wildman–Crippen MR) is 247 cm³/mol. The lowest BCUT2D eigenvalue weighted by atomic mass is 9.83. The van der Waals surface area contributed by atoms with Gasteiger partial charge in [-0.3, -0.25) is 19.2 Å². The maximum Gasteiger partial charge on any atom is 0.271 e. The van der Waals surface area contributed by atoms with Crippen LogP contribution in [0.5, 0.6) is 0 Å². The van der Waals surface area contributed by atoms with Gasteiger partial charge in [-0.2, -0.15) is 0 Å². The summed E-state index contributed by atoms with van der Waals surface area (Å²) in [6.07, 6.45) is 1.88. The standard InChI is InChI=1S/C23H22Cl2FN3O4.C23H21Cl2FN2O5S/c1-4-29-22(31)19(11-32-29)27-21(30)15-6-5-13(7-12(15)2)18-10-23(3,33-28-18)14-8-16(24)20(26)17(25)9-14;1-22(15-6-17(24)21(26)18(25)7-15)8-19(27-33-22)13-3-4-16-14(5-13)9-32-23(16)11-28(12-23)20(29)10-34(2,30)31/h5-9,19H,4,10-11H2,1-3H3,(H,27,30);3-7H,8-12H2,1-2H3/t19-,23+;22-/m10/s1. The minimum atomic E-state index is -3.38. The fourth-order valence-corrected chi connectivity index (χ4v) is 10.1. The van der Waals surface area contributed by atoms with E-state index in [-0.39, 0.29) is 38.5 Å². The Morgan fingerprint density at radius 1 is 0.836 bits per heavy atom. The number of hydrogen-bond donors (Lipinski definition) is 1. The molecule has 0 unspecified atom stereocenters. The fourth-order valence-electron chi connectivity index (χ4n) is 8.53. The summed E-state index contributed by atoms with van der Waals surface area (Å²) in [4.78, 5) is 55.3. The molecule has 2 saturated heterocycles.